The Kier molecular flexibility index (Phi) is 3.30. The maximum absolute atomic E-state index is 11.6. The number of furan rings is 1. The van der Waals surface area contributed by atoms with Gasteiger partial charge in [0.1, 0.15) is 17.2 Å². The lowest BCUT2D eigenvalue weighted by Crippen LogP contribution is -2.20. The summed E-state index contributed by atoms with van der Waals surface area (Å²) in [5.74, 6) is 0.267. The molecule has 17 heavy (non-hydrogen) atoms. The van der Waals surface area contributed by atoms with Gasteiger partial charge in [-0.05, 0) is 31.2 Å². The van der Waals surface area contributed by atoms with Gasteiger partial charge in [0.15, 0.2) is 0 Å². The average Bonchev–Trinajstić information content (AvgIpc) is 2.90. The summed E-state index contributed by atoms with van der Waals surface area (Å²) in [6.07, 6.45) is 3.10. The fraction of sp³-hybridized carbons (Fsp3) is 0.0833. The van der Waals surface area contributed by atoms with E-state index in [1.165, 1.54) is 0 Å². The van der Waals surface area contributed by atoms with E-state index in [2.05, 4.69) is 15.5 Å². The number of aromatic nitrogens is 1. The molecule has 5 heteroatoms. The largest absolute Gasteiger partial charge is 0.463 e. The van der Waals surface area contributed by atoms with E-state index in [4.69, 9.17) is 4.42 Å². The van der Waals surface area contributed by atoms with Gasteiger partial charge < -0.3 is 4.42 Å². The molecule has 5 nitrogen and oxygen atoms in total. The summed E-state index contributed by atoms with van der Waals surface area (Å²) in [5.41, 5.74) is 3.33. The Hall–Kier alpha value is -2.43. The smallest absolute Gasteiger partial charge is 0.289 e. The molecule has 0 radical (unpaired) electrons. The predicted molar refractivity (Wildman–Crippen MR) is 62.6 cm³/mol. The molecule has 0 aliphatic carbocycles. The summed E-state index contributed by atoms with van der Waals surface area (Å²) in [6, 6.07) is 8.63. The number of carbonyl (C=O) groups is 1. The molecule has 1 N–H and O–H groups in total. The SMILES string of the molecule is C/C(=N/NC(=O)c1ccccn1)c1ccco1. The number of amides is 1. The van der Waals surface area contributed by atoms with Crippen molar-refractivity contribution in [3.05, 3.63) is 54.2 Å². The van der Waals surface area contributed by atoms with Crippen LogP contribution in [0.25, 0.3) is 0 Å². The molecule has 0 aromatic carbocycles. The highest BCUT2D eigenvalue weighted by molar-refractivity contribution is 5.98. The van der Waals surface area contributed by atoms with E-state index in [1.807, 2.05) is 0 Å². The van der Waals surface area contributed by atoms with Gasteiger partial charge in [0, 0.05) is 6.20 Å². The van der Waals surface area contributed by atoms with Crippen LogP contribution in [0.3, 0.4) is 0 Å². The number of hydrogen-bond donors (Lipinski definition) is 1. The molecule has 2 aromatic rings. The minimum atomic E-state index is -0.350. The highest BCUT2D eigenvalue weighted by Gasteiger charge is 2.05. The van der Waals surface area contributed by atoms with Gasteiger partial charge in [0.25, 0.3) is 5.91 Å². The standard InChI is InChI=1S/C12H11N3O2/c1-9(11-6-4-8-17-11)14-15-12(16)10-5-2-3-7-13-10/h2-8H,1H3,(H,15,16)/b14-9-. The summed E-state index contributed by atoms with van der Waals surface area (Å²) in [7, 11) is 0. The molecule has 0 saturated carbocycles. The van der Waals surface area contributed by atoms with Crippen molar-refractivity contribution < 1.29 is 9.21 Å². The Morgan fingerprint density at radius 1 is 1.35 bits per heavy atom. The number of carbonyl (C=O) groups excluding carboxylic acids is 1. The van der Waals surface area contributed by atoms with Crippen molar-refractivity contribution in [2.75, 3.05) is 0 Å². The van der Waals surface area contributed by atoms with Crippen LogP contribution < -0.4 is 5.43 Å². The van der Waals surface area contributed by atoms with Crippen molar-refractivity contribution in [1.29, 1.82) is 0 Å². The van der Waals surface area contributed by atoms with E-state index in [-0.39, 0.29) is 5.91 Å². The molecule has 0 saturated heterocycles. The van der Waals surface area contributed by atoms with E-state index >= 15 is 0 Å². The van der Waals surface area contributed by atoms with Crippen LogP contribution in [0.4, 0.5) is 0 Å². The zero-order valence-corrected chi connectivity index (χ0v) is 9.25. The van der Waals surface area contributed by atoms with Gasteiger partial charge in [0.2, 0.25) is 0 Å². The fourth-order valence-electron chi connectivity index (χ4n) is 1.23. The van der Waals surface area contributed by atoms with Gasteiger partial charge in [-0.15, -0.1) is 0 Å². The lowest BCUT2D eigenvalue weighted by atomic mass is 10.3. The second-order valence-corrected chi connectivity index (χ2v) is 3.33. The minimum absolute atomic E-state index is 0.323. The van der Waals surface area contributed by atoms with E-state index in [0.717, 1.165) is 0 Å². The molecule has 0 unspecified atom stereocenters. The molecule has 2 rings (SSSR count). The van der Waals surface area contributed by atoms with E-state index in [0.29, 0.717) is 17.2 Å². The normalized spacial score (nSPS) is 11.2. The van der Waals surface area contributed by atoms with Gasteiger partial charge in [-0.1, -0.05) is 6.07 Å². The van der Waals surface area contributed by atoms with Gasteiger partial charge in [-0.25, -0.2) is 5.43 Å². The van der Waals surface area contributed by atoms with E-state index < -0.39 is 0 Å². The van der Waals surface area contributed by atoms with Crippen molar-refractivity contribution in [3.63, 3.8) is 0 Å². The molecular weight excluding hydrogens is 218 g/mol. The molecule has 2 aromatic heterocycles. The van der Waals surface area contributed by atoms with Gasteiger partial charge in [0.05, 0.1) is 6.26 Å². The number of hydrogen-bond acceptors (Lipinski definition) is 4. The number of rotatable bonds is 3. The zero-order chi connectivity index (χ0) is 12.1. The van der Waals surface area contributed by atoms with Crippen molar-refractivity contribution in [2.45, 2.75) is 6.92 Å². The maximum atomic E-state index is 11.6. The average molecular weight is 229 g/mol. The van der Waals surface area contributed by atoms with Gasteiger partial charge in [-0.2, -0.15) is 5.10 Å². The Bertz CT molecular complexity index is 518. The summed E-state index contributed by atoms with van der Waals surface area (Å²) >= 11 is 0. The number of pyridine rings is 1. The maximum Gasteiger partial charge on any atom is 0.289 e. The Labute approximate surface area is 98.2 Å². The lowest BCUT2D eigenvalue weighted by molar-refractivity contribution is 0.0950. The second kappa shape index (κ2) is 5.07. The van der Waals surface area contributed by atoms with Crippen LogP contribution in [0, 0.1) is 0 Å². The van der Waals surface area contributed by atoms with Gasteiger partial charge >= 0.3 is 0 Å². The van der Waals surface area contributed by atoms with Crippen LogP contribution in [0.15, 0.2) is 52.3 Å². The van der Waals surface area contributed by atoms with Crippen molar-refractivity contribution in [2.24, 2.45) is 5.10 Å². The number of nitrogens with one attached hydrogen (secondary N) is 1. The third-order valence-electron chi connectivity index (χ3n) is 2.10. The van der Waals surface area contributed by atoms with Crippen molar-refractivity contribution in [3.8, 4) is 0 Å². The Balaban J connectivity index is 2.04. The van der Waals surface area contributed by atoms with Crippen LogP contribution in [-0.4, -0.2) is 16.6 Å². The van der Waals surface area contributed by atoms with Crippen LogP contribution in [0.1, 0.15) is 23.2 Å². The third-order valence-corrected chi connectivity index (χ3v) is 2.10. The van der Waals surface area contributed by atoms with Crippen LogP contribution >= 0.6 is 0 Å². The van der Waals surface area contributed by atoms with Gasteiger partial charge in [-0.3, -0.25) is 9.78 Å². The molecule has 0 spiro atoms. The van der Waals surface area contributed by atoms with Crippen molar-refractivity contribution in [1.82, 2.24) is 10.4 Å². The minimum Gasteiger partial charge on any atom is -0.463 e. The quantitative estimate of drug-likeness (QED) is 0.644. The monoisotopic (exact) mass is 229 g/mol. The highest BCUT2D eigenvalue weighted by Crippen LogP contribution is 2.01. The predicted octanol–water partition coefficient (Wildman–Crippen LogP) is 1.83. The first-order chi connectivity index (χ1) is 8.27. The lowest BCUT2D eigenvalue weighted by Gasteiger charge is -1.99. The summed E-state index contributed by atoms with van der Waals surface area (Å²) in [6.45, 7) is 1.75. The summed E-state index contributed by atoms with van der Waals surface area (Å²) in [4.78, 5) is 15.5. The first-order valence-electron chi connectivity index (χ1n) is 5.07. The molecule has 0 atom stereocenters. The van der Waals surface area contributed by atoms with Crippen molar-refractivity contribution >= 4 is 11.6 Å². The highest BCUT2D eigenvalue weighted by atomic mass is 16.3. The second-order valence-electron chi connectivity index (χ2n) is 3.33. The summed E-state index contributed by atoms with van der Waals surface area (Å²) in [5, 5.41) is 3.93. The molecule has 0 aliphatic rings. The van der Waals surface area contributed by atoms with Crippen LogP contribution in [0.2, 0.25) is 0 Å². The molecule has 2 heterocycles. The van der Waals surface area contributed by atoms with E-state index in [1.54, 1.807) is 49.7 Å². The molecular formula is C12H11N3O2. The molecule has 0 bridgehead atoms. The molecule has 0 fully saturated rings. The zero-order valence-electron chi connectivity index (χ0n) is 9.25. The number of hydrazone groups is 1. The number of nitrogens with zero attached hydrogens (tertiary/aromatic N) is 2. The third kappa shape index (κ3) is 2.78. The van der Waals surface area contributed by atoms with E-state index in [9.17, 15) is 4.79 Å². The summed E-state index contributed by atoms with van der Waals surface area (Å²) < 4.78 is 5.14. The topological polar surface area (TPSA) is 67.5 Å². The first kappa shape index (κ1) is 11.1. The molecule has 1 amide bonds. The molecule has 86 valence electrons. The Morgan fingerprint density at radius 3 is 2.88 bits per heavy atom. The van der Waals surface area contributed by atoms with Crippen LogP contribution in [-0.2, 0) is 0 Å². The molecule has 0 aliphatic heterocycles. The van der Waals surface area contributed by atoms with Crippen LogP contribution in [0.5, 0.6) is 0 Å². The Morgan fingerprint density at radius 2 is 2.24 bits per heavy atom. The fourth-order valence-corrected chi connectivity index (χ4v) is 1.23. The first-order valence-corrected chi connectivity index (χ1v) is 5.07.